The molecule has 0 amide bonds. The normalized spacial score (nSPS) is 11.4. The summed E-state index contributed by atoms with van der Waals surface area (Å²) in [5.41, 5.74) is 1.41. The standard InChI is InChI=1S/C14H13N3O2/c1-9-6-10(2)17(16-9)14(18)12(8-15)7-13-5-4-11(3)19-13/h4-7H,1-3H3/b12-7+. The maximum Gasteiger partial charge on any atom is 0.289 e. The van der Waals surface area contributed by atoms with Gasteiger partial charge >= 0.3 is 0 Å². The van der Waals surface area contributed by atoms with Gasteiger partial charge in [-0.15, -0.1) is 0 Å². The van der Waals surface area contributed by atoms with E-state index in [-0.39, 0.29) is 5.57 Å². The fourth-order valence-corrected chi connectivity index (χ4v) is 1.76. The quantitative estimate of drug-likeness (QED) is 0.611. The van der Waals surface area contributed by atoms with Crippen molar-refractivity contribution in [1.29, 1.82) is 5.26 Å². The van der Waals surface area contributed by atoms with Gasteiger partial charge in [-0.1, -0.05) is 0 Å². The van der Waals surface area contributed by atoms with Crippen LogP contribution in [-0.4, -0.2) is 15.7 Å². The van der Waals surface area contributed by atoms with E-state index in [0.717, 1.165) is 11.5 Å². The van der Waals surface area contributed by atoms with Crippen molar-refractivity contribution in [2.24, 2.45) is 0 Å². The van der Waals surface area contributed by atoms with Gasteiger partial charge in [0.05, 0.1) is 5.69 Å². The number of allylic oxidation sites excluding steroid dienone is 1. The minimum atomic E-state index is -0.456. The van der Waals surface area contributed by atoms with Crippen LogP contribution in [0.2, 0.25) is 0 Å². The minimum Gasteiger partial charge on any atom is -0.462 e. The van der Waals surface area contributed by atoms with Crippen molar-refractivity contribution in [2.45, 2.75) is 20.8 Å². The molecule has 0 fully saturated rings. The van der Waals surface area contributed by atoms with Crippen LogP contribution in [0.15, 0.2) is 28.2 Å². The summed E-state index contributed by atoms with van der Waals surface area (Å²) < 4.78 is 6.55. The number of carbonyl (C=O) groups excluding carboxylic acids is 1. The molecule has 5 heteroatoms. The molecule has 2 aromatic rings. The Morgan fingerprint density at radius 2 is 2.16 bits per heavy atom. The molecular formula is C14H13N3O2. The van der Waals surface area contributed by atoms with Crippen molar-refractivity contribution in [3.05, 3.63) is 46.7 Å². The molecule has 2 aromatic heterocycles. The third-order valence-electron chi connectivity index (χ3n) is 2.60. The first-order valence-corrected chi connectivity index (χ1v) is 5.77. The maximum absolute atomic E-state index is 12.2. The summed E-state index contributed by atoms with van der Waals surface area (Å²) in [5.74, 6) is 0.744. The van der Waals surface area contributed by atoms with Crippen molar-refractivity contribution in [1.82, 2.24) is 9.78 Å². The van der Waals surface area contributed by atoms with E-state index >= 15 is 0 Å². The summed E-state index contributed by atoms with van der Waals surface area (Å²) in [7, 11) is 0. The molecule has 96 valence electrons. The van der Waals surface area contributed by atoms with Crippen LogP contribution in [0.4, 0.5) is 0 Å². The van der Waals surface area contributed by atoms with Gasteiger partial charge in [-0.25, -0.2) is 4.68 Å². The molecule has 0 bridgehead atoms. The van der Waals surface area contributed by atoms with Gasteiger partial charge in [-0.05, 0) is 39.0 Å². The Morgan fingerprint density at radius 1 is 1.42 bits per heavy atom. The smallest absolute Gasteiger partial charge is 0.289 e. The lowest BCUT2D eigenvalue weighted by atomic mass is 10.2. The van der Waals surface area contributed by atoms with E-state index in [4.69, 9.17) is 9.68 Å². The fourth-order valence-electron chi connectivity index (χ4n) is 1.76. The molecule has 0 N–H and O–H groups in total. The van der Waals surface area contributed by atoms with E-state index < -0.39 is 5.91 Å². The van der Waals surface area contributed by atoms with Crippen LogP contribution < -0.4 is 0 Å². The molecule has 0 aliphatic carbocycles. The maximum atomic E-state index is 12.2. The first-order valence-electron chi connectivity index (χ1n) is 5.77. The van der Waals surface area contributed by atoms with Gasteiger partial charge < -0.3 is 4.42 Å². The summed E-state index contributed by atoms with van der Waals surface area (Å²) in [6.45, 7) is 5.36. The van der Waals surface area contributed by atoms with E-state index in [1.807, 2.05) is 6.07 Å². The third kappa shape index (κ3) is 2.63. The molecule has 0 aliphatic rings. The van der Waals surface area contributed by atoms with Crippen molar-refractivity contribution < 1.29 is 9.21 Å². The number of nitriles is 1. The Morgan fingerprint density at radius 3 is 2.63 bits per heavy atom. The number of furan rings is 1. The Bertz CT molecular complexity index is 699. The van der Waals surface area contributed by atoms with Gasteiger partial charge in [0.1, 0.15) is 23.2 Å². The molecule has 0 unspecified atom stereocenters. The Hall–Kier alpha value is -2.61. The van der Waals surface area contributed by atoms with Gasteiger partial charge in [0.15, 0.2) is 0 Å². The van der Waals surface area contributed by atoms with Crippen molar-refractivity contribution >= 4 is 12.0 Å². The predicted molar refractivity (Wildman–Crippen MR) is 69.4 cm³/mol. The minimum absolute atomic E-state index is 0.0134. The van der Waals surface area contributed by atoms with E-state index in [0.29, 0.717) is 11.5 Å². The molecule has 0 saturated heterocycles. The van der Waals surface area contributed by atoms with Crippen LogP contribution in [0, 0.1) is 32.1 Å². The Balaban J connectivity index is 2.38. The Kier molecular flexibility index (Phi) is 3.34. The second kappa shape index (κ2) is 4.94. The SMILES string of the molecule is Cc1cc(C)n(C(=O)/C(C#N)=C/c2ccc(C)o2)n1. The van der Waals surface area contributed by atoms with Gasteiger partial charge in [-0.3, -0.25) is 4.79 Å². The topological polar surface area (TPSA) is 71.8 Å². The van der Waals surface area contributed by atoms with Crippen LogP contribution in [-0.2, 0) is 0 Å². The highest BCUT2D eigenvalue weighted by molar-refractivity contribution is 6.02. The lowest BCUT2D eigenvalue weighted by Crippen LogP contribution is -2.15. The van der Waals surface area contributed by atoms with Gasteiger partial charge in [0, 0.05) is 11.8 Å². The van der Waals surface area contributed by atoms with E-state index in [1.165, 1.54) is 10.8 Å². The van der Waals surface area contributed by atoms with Crippen molar-refractivity contribution in [3.8, 4) is 6.07 Å². The summed E-state index contributed by atoms with van der Waals surface area (Å²) in [5, 5.41) is 13.2. The number of hydrogen-bond acceptors (Lipinski definition) is 4. The number of carbonyl (C=O) groups is 1. The van der Waals surface area contributed by atoms with Gasteiger partial charge in [0.25, 0.3) is 5.91 Å². The molecule has 0 atom stereocenters. The second-order valence-corrected chi connectivity index (χ2v) is 4.26. The van der Waals surface area contributed by atoms with Gasteiger partial charge in [0.2, 0.25) is 0 Å². The monoisotopic (exact) mass is 255 g/mol. The molecule has 0 aromatic carbocycles. The molecule has 0 aliphatic heterocycles. The number of rotatable bonds is 2. The average molecular weight is 255 g/mol. The summed E-state index contributed by atoms with van der Waals surface area (Å²) in [6.07, 6.45) is 1.42. The molecule has 0 saturated carbocycles. The predicted octanol–water partition coefficient (Wildman–Crippen LogP) is 2.65. The highest BCUT2D eigenvalue weighted by Gasteiger charge is 2.16. The Labute approximate surface area is 110 Å². The fraction of sp³-hybridized carbons (Fsp3) is 0.214. The first-order chi connectivity index (χ1) is 9.01. The zero-order valence-electron chi connectivity index (χ0n) is 11.0. The lowest BCUT2D eigenvalue weighted by molar-refractivity contribution is 0.0943. The lowest BCUT2D eigenvalue weighted by Gasteiger charge is -2.00. The molecule has 5 nitrogen and oxygen atoms in total. The number of aryl methyl sites for hydroxylation is 3. The third-order valence-corrected chi connectivity index (χ3v) is 2.60. The van der Waals surface area contributed by atoms with Gasteiger partial charge in [-0.2, -0.15) is 10.4 Å². The number of aromatic nitrogens is 2. The van der Waals surface area contributed by atoms with Crippen LogP contribution in [0.1, 0.15) is 27.7 Å². The summed E-state index contributed by atoms with van der Waals surface area (Å²) in [6, 6.07) is 7.15. The zero-order chi connectivity index (χ0) is 14.0. The van der Waals surface area contributed by atoms with Crippen molar-refractivity contribution in [2.75, 3.05) is 0 Å². The van der Waals surface area contributed by atoms with E-state index in [9.17, 15) is 4.79 Å². The van der Waals surface area contributed by atoms with Crippen LogP contribution in [0.3, 0.4) is 0 Å². The van der Waals surface area contributed by atoms with Crippen molar-refractivity contribution in [3.63, 3.8) is 0 Å². The molecule has 0 radical (unpaired) electrons. The van der Waals surface area contributed by atoms with Crippen LogP contribution >= 0.6 is 0 Å². The number of hydrogen-bond donors (Lipinski definition) is 0. The van der Waals surface area contributed by atoms with E-state index in [2.05, 4.69) is 5.10 Å². The number of nitrogens with zero attached hydrogens (tertiary/aromatic N) is 3. The molecule has 2 heterocycles. The average Bonchev–Trinajstić information content (AvgIpc) is 2.91. The first kappa shape index (κ1) is 12.8. The summed E-state index contributed by atoms with van der Waals surface area (Å²) in [4.78, 5) is 12.2. The van der Waals surface area contributed by atoms with E-state index in [1.54, 1.807) is 39.0 Å². The molecular weight excluding hydrogens is 242 g/mol. The molecule has 19 heavy (non-hydrogen) atoms. The highest BCUT2D eigenvalue weighted by Crippen LogP contribution is 2.13. The molecule has 0 spiro atoms. The molecule has 2 rings (SSSR count). The second-order valence-electron chi connectivity index (χ2n) is 4.26. The zero-order valence-corrected chi connectivity index (χ0v) is 11.0. The van der Waals surface area contributed by atoms with Crippen LogP contribution in [0.25, 0.3) is 6.08 Å². The van der Waals surface area contributed by atoms with Crippen LogP contribution in [0.5, 0.6) is 0 Å². The largest absolute Gasteiger partial charge is 0.462 e. The highest BCUT2D eigenvalue weighted by atomic mass is 16.3. The summed E-state index contributed by atoms with van der Waals surface area (Å²) >= 11 is 0.